The van der Waals surface area contributed by atoms with Crippen molar-refractivity contribution in [2.24, 2.45) is 0 Å². The van der Waals surface area contributed by atoms with Gasteiger partial charge < -0.3 is 14.5 Å². The highest BCUT2D eigenvalue weighted by molar-refractivity contribution is 5.78. The Kier molecular flexibility index (Phi) is 6.02. The molecule has 0 aliphatic carbocycles. The lowest BCUT2D eigenvalue weighted by atomic mass is 10.0. The van der Waals surface area contributed by atoms with Gasteiger partial charge in [0.1, 0.15) is 12.7 Å². The number of carbonyl (C=O) groups excluding carboxylic acids is 2. The Bertz CT molecular complexity index is 686. The fourth-order valence-electron chi connectivity index (χ4n) is 3.16. The molecule has 136 valence electrons. The summed E-state index contributed by atoms with van der Waals surface area (Å²) in [5.41, 5.74) is 2.04. The molecule has 0 bridgehead atoms. The second kappa shape index (κ2) is 8.63. The maximum Gasteiger partial charge on any atom is 0.248 e. The highest BCUT2D eigenvalue weighted by atomic mass is 16.5. The Hall–Kier alpha value is -2.66. The van der Waals surface area contributed by atoms with Crippen molar-refractivity contribution in [1.29, 1.82) is 0 Å². The van der Waals surface area contributed by atoms with E-state index in [1.54, 1.807) is 16.7 Å². The van der Waals surface area contributed by atoms with E-state index in [-0.39, 0.29) is 24.5 Å². The maximum atomic E-state index is 12.5. The summed E-state index contributed by atoms with van der Waals surface area (Å²) in [6.45, 7) is 3.87. The van der Waals surface area contributed by atoms with E-state index in [2.05, 4.69) is 0 Å². The van der Waals surface area contributed by atoms with Crippen molar-refractivity contribution < 1.29 is 14.3 Å². The highest BCUT2D eigenvalue weighted by Gasteiger charge is 2.24. The normalized spacial score (nSPS) is 14.5. The first-order valence-corrected chi connectivity index (χ1v) is 8.90. The van der Waals surface area contributed by atoms with Gasteiger partial charge in [0.05, 0.1) is 0 Å². The molecule has 5 heteroatoms. The molecular weight excluding hydrogens is 328 g/mol. The van der Waals surface area contributed by atoms with Crippen LogP contribution in [0.5, 0.6) is 0 Å². The summed E-state index contributed by atoms with van der Waals surface area (Å²) in [5.74, 6) is 0.0200. The van der Waals surface area contributed by atoms with Gasteiger partial charge in [0.25, 0.3) is 0 Å². The Labute approximate surface area is 154 Å². The zero-order valence-corrected chi connectivity index (χ0v) is 15.0. The number of piperazine rings is 1. The number of carbonyl (C=O) groups is 2. The van der Waals surface area contributed by atoms with Crippen LogP contribution in [0.4, 0.5) is 0 Å². The Balaban J connectivity index is 1.63. The predicted octanol–water partition coefficient (Wildman–Crippen LogP) is 2.48. The van der Waals surface area contributed by atoms with Crippen molar-refractivity contribution in [1.82, 2.24) is 9.80 Å². The molecular formula is C21H24N2O3. The van der Waals surface area contributed by atoms with E-state index in [4.69, 9.17) is 4.74 Å². The van der Waals surface area contributed by atoms with Crippen LogP contribution in [0.1, 0.15) is 24.2 Å². The minimum absolute atomic E-state index is 0.0223. The Morgan fingerprint density at radius 2 is 1.31 bits per heavy atom. The maximum absolute atomic E-state index is 12.5. The molecule has 1 heterocycles. The molecule has 0 radical (unpaired) electrons. The number of hydrogen-bond acceptors (Lipinski definition) is 3. The quantitative estimate of drug-likeness (QED) is 0.831. The van der Waals surface area contributed by atoms with Gasteiger partial charge in [-0.1, -0.05) is 60.7 Å². The average molecular weight is 352 g/mol. The molecule has 0 unspecified atom stereocenters. The van der Waals surface area contributed by atoms with E-state index in [0.717, 1.165) is 11.1 Å². The Morgan fingerprint density at radius 3 is 1.77 bits per heavy atom. The van der Waals surface area contributed by atoms with Gasteiger partial charge in [-0.05, 0) is 11.1 Å². The molecule has 3 rings (SSSR count). The third kappa shape index (κ3) is 4.49. The first-order valence-electron chi connectivity index (χ1n) is 8.90. The third-order valence-corrected chi connectivity index (χ3v) is 4.66. The summed E-state index contributed by atoms with van der Waals surface area (Å²) in [4.78, 5) is 27.5. The molecule has 5 nitrogen and oxygen atoms in total. The number of ether oxygens (including phenoxy) is 1. The van der Waals surface area contributed by atoms with Gasteiger partial charge in [0, 0.05) is 33.1 Å². The van der Waals surface area contributed by atoms with Crippen molar-refractivity contribution in [3.05, 3.63) is 71.8 Å². The van der Waals surface area contributed by atoms with Gasteiger partial charge in [-0.25, -0.2) is 0 Å². The van der Waals surface area contributed by atoms with E-state index >= 15 is 0 Å². The van der Waals surface area contributed by atoms with Gasteiger partial charge in [-0.3, -0.25) is 9.59 Å². The summed E-state index contributed by atoms with van der Waals surface area (Å²) in [5, 5.41) is 0. The number of nitrogens with zero attached hydrogens (tertiary/aromatic N) is 2. The van der Waals surface area contributed by atoms with E-state index < -0.39 is 0 Å². The lowest BCUT2D eigenvalue weighted by Crippen LogP contribution is -2.51. The summed E-state index contributed by atoms with van der Waals surface area (Å²) in [6, 6.07) is 19.8. The molecule has 1 aliphatic rings. The highest BCUT2D eigenvalue weighted by Crippen LogP contribution is 2.25. The molecule has 1 fully saturated rings. The molecule has 1 saturated heterocycles. The molecule has 2 amide bonds. The zero-order valence-electron chi connectivity index (χ0n) is 15.0. The van der Waals surface area contributed by atoms with Crippen molar-refractivity contribution in [3.63, 3.8) is 0 Å². The monoisotopic (exact) mass is 352 g/mol. The Morgan fingerprint density at radius 1 is 0.846 bits per heavy atom. The number of benzene rings is 2. The fraction of sp³-hybridized carbons (Fsp3) is 0.333. The van der Waals surface area contributed by atoms with Crippen LogP contribution in [0.15, 0.2) is 60.7 Å². The first-order chi connectivity index (χ1) is 12.6. The molecule has 0 atom stereocenters. The summed E-state index contributed by atoms with van der Waals surface area (Å²) in [6.07, 6.45) is -0.278. The molecule has 26 heavy (non-hydrogen) atoms. The second-order valence-corrected chi connectivity index (χ2v) is 6.40. The van der Waals surface area contributed by atoms with Crippen molar-refractivity contribution >= 4 is 11.8 Å². The largest absolute Gasteiger partial charge is 0.359 e. The molecule has 0 spiro atoms. The van der Waals surface area contributed by atoms with Gasteiger partial charge in [-0.2, -0.15) is 0 Å². The van der Waals surface area contributed by atoms with Gasteiger partial charge in [0.2, 0.25) is 11.8 Å². The predicted molar refractivity (Wildman–Crippen MR) is 99.5 cm³/mol. The van der Waals surface area contributed by atoms with E-state index in [1.807, 2.05) is 60.7 Å². The van der Waals surface area contributed by atoms with E-state index in [9.17, 15) is 9.59 Å². The minimum atomic E-state index is -0.278. The molecule has 0 aromatic heterocycles. The second-order valence-electron chi connectivity index (χ2n) is 6.40. The van der Waals surface area contributed by atoms with Gasteiger partial charge >= 0.3 is 0 Å². The van der Waals surface area contributed by atoms with Crippen LogP contribution in [0, 0.1) is 0 Å². The van der Waals surface area contributed by atoms with Crippen LogP contribution >= 0.6 is 0 Å². The average Bonchev–Trinajstić information content (AvgIpc) is 2.69. The molecule has 1 aliphatic heterocycles. The van der Waals surface area contributed by atoms with Crippen LogP contribution in [0.2, 0.25) is 0 Å². The van der Waals surface area contributed by atoms with Crippen molar-refractivity contribution in [3.8, 4) is 0 Å². The fourth-order valence-corrected chi connectivity index (χ4v) is 3.16. The number of hydrogen-bond donors (Lipinski definition) is 0. The first kappa shape index (κ1) is 18.1. The van der Waals surface area contributed by atoms with Crippen molar-refractivity contribution in [2.45, 2.75) is 13.0 Å². The molecule has 2 aromatic rings. The van der Waals surface area contributed by atoms with E-state index in [0.29, 0.717) is 26.2 Å². The third-order valence-electron chi connectivity index (χ3n) is 4.66. The molecule has 2 aromatic carbocycles. The standard InChI is InChI=1S/C21H24N2O3/c1-17(24)22-12-14-23(15-13-22)20(25)16-26-21(18-8-4-2-5-9-18)19-10-6-3-7-11-19/h2-11,21H,12-16H2,1H3. The van der Waals surface area contributed by atoms with Crippen LogP contribution < -0.4 is 0 Å². The summed E-state index contributed by atoms with van der Waals surface area (Å²) < 4.78 is 6.03. The zero-order chi connectivity index (χ0) is 18.4. The topological polar surface area (TPSA) is 49.9 Å². The minimum Gasteiger partial charge on any atom is -0.359 e. The van der Waals surface area contributed by atoms with Crippen LogP contribution in [0.25, 0.3) is 0 Å². The SMILES string of the molecule is CC(=O)N1CCN(C(=O)COC(c2ccccc2)c2ccccc2)CC1. The van der Waals surface area contributed by atoms with Gasteiger partial charge in [0.15, 0.2) is 0 Å². The van der Waals surface area contributed by atoms with Crippen LogP contribution in [0.3, 0.4) is 0 Å². The van der Waals surface area contributed by atoms with Crippen LogP contribution in [-0.2, 0) is 14.3 Å². The lowest BCUT2D eigenvalue weighted by Gasteiger charge is -2.34. The molecule has 0 N–H and O–H groups in total. The number of amides is 2. The summed E-state index contributed by atoms with van der Waals surface area (Å²) in [7, 11) is 0. The summed E-state index contributed by atoms with van der Waals surface area (Å²) >= 11 is 0. The number of rotatable bonds is 5. The van der Waals surface area contributed by atoms with Gasteiger partial charge in [-0.15, -0.1) is 0 Å². The lowest BCUT2D eigenvalue weighted by molar-refractivity contribution is -0.142. The van der Waals surface area contributed by atoms with Crippen molar-refractivity contribution in [2.75, 3.05) is 32.8 Å². The van der Waals surface area contributed by atoms with Crippen LogP contribution in [-0.4, -0.2) is 54.4 Å². The van der Waals surface area contributed by atoms with E-state index in [1.165, 1.54) is 0 Å². The molecule has 0 saturated carbocycles. The smallest absolute Gasteiger partial charge is 0.248 e.